The van der Waals surface area contributed by atoms with E-state index in [1.54, 1.807) is 0 Å². The van der Waals surface area contributed by atoms with E-state index >= 15 is 0 Å². The van der Waals surface area contributed by atoms with E-state index < -0.39 is 0 Å². The Morgan fingerprint density at radius 3 is 2.77 bits per heavy atom. The first-order valence-corrected chi connectivity index (χ1v) is 11.8. The van der Waals surface area contributed by atoms with Gasteiger partial charge in [-0.05, 0) is 36.9 Å². The van der Waals surface area contributed by atoms with E-state index in [0.717, 1.165) is 65.5 Å². The number of benzene rings is 1. The fourth-order valence-electron chi connectivity index (χ4n) is 4.60. The highest BCUT2D eigenvalue weighted by molar-refractivity contribution is 6.00. The van der Waals surface area contributed by atoms with Crippen molar-refractivity contribution in [2.24, 2.45) is 0 Å². The molecule has 1 aromatic carbocycles. The lowest BCUT2D eigenvalue weighted by Gasteiger charge is -2.33. The number of H-pyrrole nitrogens is 1. The molecule has 5 heterocycles. The second-order valence-electron chi connectivity index (χ2n) is 8.96. The molecule has 1 amide bonds. The molecule has 0 bridgehead atoms. The molecule has 3 aromatic heterocycles. The number of aromatic nitrogens is 3. The Bertz CT molecular complexity index is 1390. The van der Waals surface area contributed by atoms with Crippen LogP contribution in [0.25, 0.3) is 22.2 Å². The summed E-state index contributed by atoms with van der Waals surface area (Å²) in [6.07, 6.45) is 5.61. The van der Waals surface area contributed by atoms with E-state index in [2.05, 4.69) is 54.6 Å². The second-order valence-corrected chi connectivity index (χ2v) is 8.96. The maximum atomic E-state index is 12.2. The van der Waals surface area contributed by atoms with Gasteiger partial charge in [0.2, 0.25) is 0 Å². The van der Waals surface area contributed by atoms with Gasteiger partial charge in [-0.1, -0.05) is 6.07 Å². The number of hydrogen-bond acceptors (Lipinski definition) is 7. The number of pyridine rings is 2. The van der Waals surface area contributed by atoms with E-state index in [1.165, 1.54) is 0 Å². The van der Waals surface area contributed by atoms with Crippen LogP contribution < -0.4 is 20.3 Å². The summed E-state index contributed by atoms with van der Waals surface area (Å²) in [7, 11) is 2.15. The lowest BCUT2D eigenvalue weighted by Crippen LogP contribution is -2.44. The number of anilines is 3. The molecule has 4 aromatic rings. The minimum absolute atomic E-state index is 0.107. The van der Waals surface area contributed by atoms with Gasteiger partial charge in [-0.25, -0.2) is 9.97 Å². The van der Waals surface area contributed by atoms with Gasteiger partial charge < -0.3 is 30.2 Å². The first-order valence-electron chi connectivity index (χ1n) is 11.8. The lowest BCUT2D eigenvalue weighted by molar-refractivity contribution is 0.0957. The summed E-state index contributed by atoms with van der Waals surface area (Å²) in [5.41, 5.74) is 5.17. The Morgan fingerprint density at radius 2 is 1.89 bits per heavy atom. The third-order valence-corrected chi connectivity index (χ3v) is 6.57. The predicted octanol–water partition coefficient (Wildman–Crippen LogP) is 3.24. The number of amides is 1. The molecular formula is C26H27N7O2. The summed E-state index contributed by atoms with van der Waals surface area (Å²) in [5, 5.41) is 7.32. The van der Waals surface area contributed by atoms with Crippen molar-refractivity contribution < 1.29 is 9.53 Å². The van der Waals surface area contributed by atoms with Crippen LogP contribution in [0.3, 0.4) is 0 Å². The molecule has 0 aliphatic carbocycles. The zero-order chi connectivity index (χ0) is 23.8. The molecule has 0 unspecified atom stereocenters. The molecule has 3 N–H and O–H groups in total. The van der Waals surface area contributed by atoms with Crippen LogP contribution in [-0.4, -0.2) is 72.1 Å². The Labute approximate surface area is 203 Å². The van der Waals surface area contributed by atoms with Crippen LogP contribution in [0.5, 0.6) is 5.75 Å². The standard InChI is InChI=1S/C26H27N7O2/c1-32-7-9-33(10-8-32)24-14-18(4-5-27-24)31-19-13-21-22(16-30-25(21)29-15-19)17-2-3-20-23(12-17)35-11-6-28-26(20)34/h2-5,12-16H,6-11H2,1H3,(H,27,31)(H,28,34)(H,29,30). The molecule has 35 heavy (non-hydrogen) atoms. The Hall–Kier alpha value is -4.11. The molecular weight excluding hydrogens is 442 g/mol. The zero-order valence-corrected chi connectivity index (χ0v) is 19.5. The Morgan fingerprint density at radius 1 is 1.00 bits per heavy atom. The number of ether oxygens (including phenoxy) is 1. The molecule has 6 rings (SSSR count). The molecule has 9 heteroatoms. The highest BCUT2D eigenvalue weighted by Gasteiger charge is 2.19. The van der Waals surface area contributed by atoms with Crippen LogP contribution in [0.15, 0.2) is 55.0 Å². The van der Waals surface area contributed by atoms with Crippen molar-refractivity contribution in [3.63, 3.8) is 0 Å². The number of rotatable bonds is 4. The Kier molecular flexibility index (Phi) is 5.46. The highest BCUT2D eigenvalue weighted by Crippen LogP contribution is 2.34. The molecule has 178 valence electrons. The SMILES string of the molecule is CN1CCN(c2cc(Nc3cnc4[nH]cc(-c5ccc6c(c5)OCCNC6=O)c4c3)ccn2)CC1. The van der Waals surface area contributed by atoms with Crippen LogP contribution in [0.4, 0.5) is 17.2 Å². The monoisotopic (exact) mass is 469 g/mol. The van der Waals surface area contributed by atoms with E-state index in [1.807, 2.05) is 42.9 Å². The number of nitrogens with one attached hydrogen (secondary N) is 3. The average molecular weight is 470 g/mol. The van der Waals surface area contributed by atoms with Crippen LogP contribution in [0.2, 0.25) is 0 Å². The smallest absolute Gasteiger partial charge is 0.255 e. The fourth-order valence-corrected chi connectivity index (χ4v) is 4.60. The number of hydrogen-bond donors (Lipinski definition) is 3. The van der Waals surface area contributed by atoms with Gasteiger partial charge in [-0.15, -0.1) is 0 Å². The van der Waals surface area contributed by atoms with Crippen molar-refractivity contribution in [1.29, 1.82) is 0 Å². The Balaban J connectivity index is 1.28. The molecule has 1 fully saturated rings. The number of fused-ring (bicyclic) bond motifs is 2. The van der Waals surface area contributed by atoms with Gasteiger partial charge in [-0.2, -0.15) is 0 Å². The first-order chi connectivity index (χ1) is 17.1. The number of likely N-dealkylation sites (N-methyl/N-ethyl adjacent to an activating group) is 1. The first kappa shape index (κ1) is 21.4. The number of nitrogens with zero attached hydrogens (tertiary/aromatic N) is 4. The molecule has 9 nitrogen and oxygen atoms in total. The highest BCUT2D eigenvalue weighted by atomic mass is 16.5. The van der Waals surface area contributed by atoms with Gasteiger partial charge >= 0.3 is 0 Å². The van der Waals surface area contributed by atoms with Gasteiger partial charge in [0.1, 0.15) is 23.8 Å². The van der Waals surface area contributed by atoms with Gasteiger partial charge in [-0.3, -0.25) is 4.79 Å². The summed E-state index contributed by atoms with van der Waals surface area (Å²) in [4.78, 5) is 29.3. The van der Waals surface area contributed by atoms with E-state index in [9.17, 15) is 4.79 Å². The molecule has 0 saturated carbocycles. The van der Waals surface area contributed by atoms with Crippen molar-refractivity contribution in [1.82, 2.24) is 25.2 Å². The van der Waals surface area contributed by atoms with Crippen molar-refractivity contribution >= 4 is 34.1 Å². The number of carbonyl (C=O) groups is 1. The second kappa shape index (κ2) is 8.92. The average Bonchev–Trinajstić information content (AvgIpc) is 3.21. The van der Waals surface area contributed by atoms with Crippen LogP contribution in [-0.2, 0) is 0 Å². The largest absolute Gasteiger partial charge is 0.491 e. The van der Waals surface area contributed by atoms with Crippen LogP contribution in [0.1, 0.15) is 10.4 Å². The summed E-state index contributed by atoms with van der Waals surface area (Å²) in [6.45, 7) is 4.97. The van der Waals surface area contributed by atoms with Gasteiger partial charge in [0.25, 0.3) is 5.91 Å². The summed E-state index contributed by atoms with van der Waals surface area (Å²) < 4.78 is 5.81. The maximum Gasteiger partial charge on any atom is 0.255 e. The third kappa shape index (κ3) is 4.26. The molecule has 2 aliphatic heterocycles. The van der Waals surface area contributed by atoms with Gasteiger partial charge in [0.05, 0.1) is 24.0 Å². The normalized spacial score (nSPS) is 16.4. The molecule has 1 saturated heterocycles. The molecule has 0 radical (unpaired) electrons. The summed E-state index contributed by atoms with van der Waals surface area (Å²) in [5.74, 6) is 1.47. The quantitative estimate of drug-likeness (QED) is 0.422. The predicted molar refractivity (Wildman–Crippen MR) is 137 cm³/mol. The van der Waals surface area contributed by atoms with Gasteiger partial charge in [0, 0.05) is 61.3 Å². The van der Waals surface area contributed by atoms with Crippen molar-refractivity contribution in [2.45, 2.75) is 0 Å². The van der Waals surface area contributed by atoms with Gasteiger partial charge in [0.15, 0.2) is 0 Å². The minimum Gasteiger partial charge on any atom is -0.491 e. The maximum absolute atomic E-state index is 12.2. The number of carbonyl (C=O) groups excluding carboxylic acids is 1. The fraction of sp³-hybridized carbons (Fsp3) is 0.269. The van der Waals surface area contributed by atoms with E-state index in [0.29, 0.717) is 24.5 Å². The zero-order valence-electron chi connectivity index (χ0n) is 19.5. The van der Waals surface area contributed by atoms with Crippen LogP contribution >= 0.6 is 0 Å². The lowest BCUT2D eigenvalue weighted by atomic mass is 10.0. The third-order valence-electron chi connectivity index (χ3n) is 6.57. The minimum atomic E-state index is -0.107. The van der Waals surface area contributed by atoms with E-state index in [4.69, 9.17) is 4.74 Å². The van der Waals surface area contributed by atoms with Crippen molar-refractivity contribution in [3.8, 4) is 16.9 Å². The summed E-state index contributed by atoms with van der Waals surface area (Å²) >= 11 is 0. The molecule has 0 spiro atoms. The van der Waals surface area contributed by atoms with Crippen molar-refractivity contribution in [3.05, 3.63) is 60.6 Å². The van der Waals surface area contributed by atoms with E-state index in [-0.39, 0.29) is 5.91 Å². The number of aromatic amines is 1. The van der Waals surface area contributed by atoms with Crippen molar-refractivity contribution in [2.75, 3.05) is 56.6 Å². The number of piperazine rings is 1. The molecule has 0 atom stereocenters. The topological polar surface area (TPSA) is 98.4 Å². The summed E-state index contributed by atoms with van der Waals surface area (Å²) in [6, 6.07) is 11.8. The van der Waals surface area contributed by atoms with Crippen LogP contribution in [0, 0.1) is 0 Å². The molecule has 2 aliphatic rings.